The van der Waals surface area contributed by atoms with E-state index in [1.54, 1.807) is 0 Å². The first-order chi connectivity index (χ1) is 6.68. The van der Waals surface area contributed by atoms with E-state index in [-0.39, 0.29) is 5.54 Å². The topological polar surface area (TPSA) is 35.2 Å². The summed E-state index contributed by atoms with van der Waals surface area (Å²) in [7, 11) is 0. The molecule has 1 aromatic rings. The molecule has 1 fully saturated rings. The van der Waals surface area contributed by atoms with E-state index in [0.29, 0.717) is 0 Å². The molecular formula is C11H14BrNO. The molecule has 0 amide bonds. The Labute approximate surface area is 92.6 Å². The zero-order valence-electron chi connectivity index (χ0n) is 8.00. The largest absolute Gasteiger partial charge is 0.494 e. The monoisotopic (exact) mass is 255 g/mol. The minimum atomic E-state index is 0.0926. The quantitative estimate of drug-likeness (QED) is 0.898. The van der Waals surface area contributed by atoms with Crippen molar-refractivity contribution in [3.05, 3.63) is 28.7 Å². The Morgan fingerprint density at radius 3 is 2.50 bits per heavy atom. The maximum Gasteiger partial charge on any atom is 0.119 e. The lowest BCUT2D eigenvalue weighted by Crippen LogP contribution is -2.24. The Morgan fingerprint density at radius 2 is 1.93 bits per heavy atom. The number of halogens is 1. The van der Waals surface area contributed by atoms with Crippen LogP contribution in [0.25, 0.3) is 0 Å². The van der Waals surface area contributed by atoms with Crippen LogP contribution in [-0.2, 0) is 0 Å². The van der Waals surface area contributed by atoms with Crippen molar-refractivity contribution in [2.45, 2.75) is 24.8 Å². The molecule has 1 saturated carbocycles. The van der Waals surface area contributed by atoms with Crippen LogP contribution in [0.3, 0.4) is 0 Å². The molecule has 0 spiro atoms. The Kier molecular flexibility index (Phi) is 2.79. The number of hydrogen-bond acceptors (Lipinski definition) is 2. The van der Waals surface area contributed by atoms with Crippen LogP contribution in [0, 0.1) is 0 Å². The molecule has 0 radical (unpaired) electrons. The van der Waals surface area contributed by atoms with Crippen LogP contribution >= 0.6 is 15.9 Å². The fraction of sp³-hybridized carbons (Fsp3) is 0.455. The molecule has 0 bridgehead atoms. The van der Waals surface area contributed by atoms with Gasteiger partial charge in [0.25, 0.3) is 0 Å². The lowest BCUT2D eigenvalue weighted by molar-refractivity contribution is 0.293. The third-order valence-corrected chi connectivity index (χ3v) is 3.10. The van der Waals surface area contributed by atoms with Crippen molar-refractivity contribution in [1.82, 2.24) is 0 Å². The van der Waals surface area contributed by atoms with Crippen LogP contribution in [-0.4, -0.2) is 12.1 Å². The average molecular weight is 256 g/mol. The predicted molar refractivity (Wildman–Crippen MR) is 60.4 cm³/mol. The van der Waals surface area contributed by atoms with Crippen molar-refractivity contribution >= 4 is 15.9 Å². The number of benzene rings is 1. The third kappa shape index (κ3) is 2.72. The normalized spacial score (nSPS) is 17.9. The molecule has 1 aromatic carbocycles. The van der Waals surface area contributed by atoms with E-state index in [9.17, 15) is 0 Å². The minimum Gasteiger partial charge on any atom is -0.494 e. The molecule has 2 N–H and O–H groups in total. The van der Waals surface area contributed by atoms with Gasteiger partial charge in [-0.3, -0.25) is 0 Å². The van der Waals surface area contributed by atoms with Gasteiger partial charge < -0.3 is 10.5 Å². The van der Waals surface area contributed by atoms with Crippen LogP contribution in [0.15, 0.2) is 28.7 Å². The Balaban J connectivity index is 1.77. The molecule has 0 atom stereocenters. The summed E-state index contributed by atoms with van der Waals surface area (Å²) in [4.78, 5) is 0. The fourth-order valence-corrected chi connectivity index (χ4v) is 1.58. The van der Waals surface area contributed by atoms with Gasteiger partial charge in [-0.15, -0.1) is 0 Å². The van der Waals surface area contributed by atoms with Gasteiger partial charge in [-0.25, -0.2) is 0 Å². The van der Waals surface area contributed by atoms with E-state index in [0.717, 1.165) is 36.1 Å². The third-order valence-electron chi connectivity index (χ3n) is 2.57. The first-order valence-electron chi connectivity index (χ1n) is 4.85. The van der Waals surface area contributed by atoms with Crippen LogP contribution in [0.2, 0.25) is 0 Å². The average Bonchev–Trinajstić information content (AvgIpc) is 2.88. The molecule has 3 heteroatoms. The summed E-state index contributed by atoms with van der Waals surface area (Å²) in [6.07, 6.45) is 3.26. The molecule has 76 valence electrons. The fourth-order valence-electron chi connectivity index (χ4n) is 1.31. The first-order valence-corrected chi connectivity index (χ1v) is 5.65. The zero-order valence-corrected chi connectivity index (χ0v) is 9.59. The number of ether oxygens (including phenoxy) is 1. The van der Waals surface area contributed by atoms with Crippen molar-refractivity contribution in [1.29, 1.82) is 0 Å². The van der Waals surface area contributed by atoms with Gasteiger partial charge in [0, 0.05) is 10.0 Å². The first kappa shape index (κ1) is 9.99. The highest BCUT2D eigenvalue weighted by molar-refractivity contribution is 9.10. The minimum absolute atomic E-state index is 0.0926. The predicted octanol–water partition coefficient (Wildman–Crippen LogP) is 2.71. The lowest BCUT2D eigenvalue weighted by Gasteiger charge is -2.09. The number of rotatable bonds is 4. The molecule has 14 heavy (non-hydrogen) atoms. The Morgan fingerprint density at radius 1 is 1.29 bits per heavy atom. The van der Waals surface area contributed by atoms with Crippen molar-refractivity contribution in [3.8, 4) is 5.75 Å². The van der Waals surface area contributed by atoms with E-state index >= 15 is 0 Å². The number of nitrogens with two attached hydrogens (primary N) is 1. The highest BCUT2D eigenvalue weighted by Gasteiger charge is 2.37. The molecule has 1 aliphatic rings. The van der Waals surface area contributed by atoms with Crippen molar-refractivity contribution in [2.75, 3.05) is 6.61 Å². The molecule has 0 saturated heterocycles. The van der Waals surface area contributed by atoms with Gasteiger partial charge in [-0.05, 0) is 43.5 Å². The Hall–Kier alpha value is -0.540. The van der Waals surface area contributed by atoms with Crippen LogP contribution in [0.5, 0.6) is 5.75 Å². The molecule has 2 nitrogen and oxygen atoms in total. The maximum atomic E-state index is 5.95. The summed E-state index contributed by atoms with van der Waals surface area (Å²) >= 11 is 3.38. The smallest absolute Gasteiger partial charge is 0.119 e. The summed E-state index contributed by atoms with van der Waals surface area (Å²) in [6.45, 7) is 0.720. The molecule has 0 unspecified atom stereocenters. The van der Waals surface area contributed by atoms with Crippen molar-refractivity contribution in [2.24, 2.45) is 5.73 Å². The molecule has 0 aromatic heterocycles. The van der Waals surface area contributed by atoms with Crippen LogP contribution < -0.4 is 10.5 Å². The summed E-state index contributed by atoms with van der Waals surface area (Å²) in [5.74, 6) is 0.914. The summed E-state index contributed by atoms with van der Waals surface area (Å²) < 4.78 is 6.65. The zero-order chi connectivity index (χ0) is 10.0. The van der Waals surface area contributed by atoms with Crippen LogP contribution in [0.4, 0.5) is 0 Å². The van der Waals surface area contributed by atoms with Gasteiger partial charge in [0.1, 0.15) is 5.75 Å². The van der Waals surface area contributed by atoms with Gasteiger partial charge >= 0.3 is 0 Å². The van der Waals surface area contributed by atoms with E-state index in [1.165, 1.54) is 0 Å². The summed E-state index contributed by atoms with van der Waals surface area (Å²) in [5, 5.41) is 0. The summed E-state index contributed by atoms with van der Waals surface area (Å²) in [6, 6.07) is 7.87. The molecule has 0 aliphatic heterocycles. The second-order valence-corrected chi connectivity index (χ2v) is 4.83. The van der Waals surface area contributed by atoms with E-state index < -0.39 is 0 Å². The van der Waals surface area contributed by atoms with Crippen molar-refractivity contribution in [3.63, 3.8) is 0 Å². The molecule has 0 heterocycles. The SMILES string of the molecule is NC1(CCOc2ccc(Br)cc2)CC1. The van der Waals surface area contributed by atoms with Gasteiger partial charge in [0.05, 0.1) is 6.61 Å². The van der Waals surface area contributed by atoms with Gasteiger partial charge in [-0.1, -0.05) is 15.9 Å². The van der Waals surface area contributed by atoms with Gasteiger partial charge in [0.2, 0.25) is 0 Å². The second-order valence-electron chi connectivity index (χ2n) is 3.91. The van der Waals surface area contributed by atoms with Crippen molar-refractivity contribution < 1.29 is 4.74 Å². The van der Waals surface area contributed by atoms with E-state index in [1.807, 2.05) is 24.3 Å². The van der Waals surface area contributed by atoms with E-state index in [4.69, 9.17) is 10.5 Å². The van der Waals surface area contributed by atoms with Gasteiger partial charge in [-0.2, -0.15) is 0 Å². The molecular weight excluding hydrogens is 242 g/mol. The number of hydrogen-bond donors (Lipinski definition) is 1. The molecule has 2 rings (SSSR count). The Bertz CT molecular complexity index is 306. The van der Waals surface area contributed by atoms with Crippen LogP contribution in [0.1, 0.15) is 19.3 Å². The highest BCUT2D eigenvalue weighted by atomic mass is 79.9. The highest BCUT2D eigenvalue weighted by Crippen LogP contribution is 2.35. The van der Waals surface area contributed by atoms with Gasteiger partial charge in [0.15, 0.2) is 0 Å². The lowest BCUT2D eigenvalue weighted by atomic mass is 10.2. The second kappa shape index (κ2) is 3.91. The standard InChI is InChI=1S/C11H14BrNO/c12-9-1-3-10(4-2-9)14-8-7-11(13)5-6-11/h1-4H,5-8,13H2. The maximum absolute atomic E-state index is 5.95. The van der Waals surface area contributed by atoms with E-state index in [2.05, 4.69) is 15.9 Å². The summed E-state index contributed by atoms with van der Waals surface area (Å²) in [5.41, 5.74) is 6.04. The molecule has 1 aliphatic carbocycles.